The number of nitrogens with zero attached hydrogens (tertiary/aromatic N) is 1. The molecule has 4 nitrogen and oxygen atoms in total. The first-order chi connectivity index (χ1) is 7.03. The van der Waals surface area contributed by atoms with Crippen molar-refractivity contribution < 1.29 is 4.79 Å². The van der Waals surface area contributed by atoms with E-state index in [1.807, 2.05) is 0 Å². The lowest BCUT2D eigenvalue weighted by Gasteiger charge is -2.29. The van der Waals surface area contributed by atoms with Crippen molar-refractivity contribution in [3.63, 3.8) is 0 Å². The van der Waals surface area contributed by atoms with Crippen molar-refractivity contribution >= 4 is 5.91 Å². The zero-order valence-electron chi connectivity index (χ0n) is 10.1. The van der Waals surface area contributed by atoms with Crippen molar-refractivity contribution in [3.05, 3.63) is 0 Å². The van der Waals surface area contributed by atoms with Crippen LogP contribution in [0.25, 0.3) is 0 Å². The minimum absolute atomic E-state index is 0.0783. The van der Waals surface area contributed by atoms with Crippen LogP contribution in [0.2, 0.25) is 0 Å². The lowest BCUT2D eigenvalue weighted by Crippen LogP contribution is -2.51. The van der Waals surface area contributed by atoms with Crippen molar-refractivity contribution in [1.29, 1.82) is 0 Å². The molecular formula is C11H23N3O. The average Bonchev–Trinajstić information content (AvgIpc) is 2.18. The number of rotatable bonds is 4. The molecule has 0 spiro atoms. The SMILES string of the molecule is CCC(C)(C)NC(=O)CN1CCNCC1. The molecule has 15 heavy (non-hydrogen) atoms. The predicted octanol–water partition coefficient (Wildman–Crippen LogP) is 0.196. The number of nitrogens with one attached hydrogen (secondary N) is 2. The van der Waals surface area contributed by atoms with Crippen molar-refractivity contribution in [1.82, 2.24) is 15.5 Å². The second kappa shape index (κ2) is 5.47. The van der Waals surface area contributed by atoms with Crippen LogP contribution in [0.15, 0.2) is 0 Å². The molecule has 1 aliphatic heterocycles. The summed E-state index contributed by atoms with van der Waals surface area (Å²) in [5.41, 5.74) is -0.0783. The zero-order chi connectivity index (χ0) is 11.3. The molecule has 0 aromatic rings. The highest BCUT2D eigenvalue weighted by Crippen LogP contribution is 2.06. The molecule has 1 saturated heterocycles. The Labute approximate surface area is 92.4 Å². The van der Waals surface area contributed by atoms with Crippen LogP contribution in [0.4, 0.5) is 0 Å². The summed E-state index contributed by atoms with van der Waals surface area (Å²) in [6.07, 6.45) is 0.959. The molecule has 1 rings (SSSR count). The number of carbonyl (C=O) groups excluding carboxylic acids is 1. The van der Waals surface area contributed by atoms with Crippen LogP contribution < -0.4 is 10.6 Å². The van der Waals surface area contributed by atoms with Gasteiger partial charge < -0.3 is 10.6 Å². The summed E-state index contributed by atoms with van der Waals surface area (Å²) in [5.74, 6) is 0.142. The van der Waals surface area contributed by atoms with Gasteiger partial charge in [-0.05, 0) is 20.3 Å². The van der Waals surface area contributed by atoms with Crippen LogP contribution in [0.1, 0.15) is 27.2 Å². The van der Waals surface area contributed by atoms with Crippen LogP contribution in [0.3, 0.4) is 0 Å². The maximum atomic E-state index is 11.7. The van der Waals surface area contributed by atoms with Crippen molar-refractivity contribution in [2.75, 3.05) is 32.7 Å². The molecule has 0 bridgehead atoms. The van der Waals surface area contributed by atoms with E-state index in [9.17, 15) is 4.79 Å². The molecule has 2 N–H and O–H groups in total. The number of hydrogen-bond acceptors (Lipinski definition) is 3. The van der Waals surface area contributed by atoms with Crippen LogP contribution >= 0.6 is 0 Å². The maximum Gasteiger partial charge on any atom is 0.234 e. The van der Waals surface area contributed by atoms with Gasteiger partial charge in [0.2, 0.25) is 5.91 Å². The molecule has 0 unspecified atom stereocenters. The minimum Gasteiger partial charge on any atom is -0.350 e. The normalized spacial score (nSPS) is 18.9. The van der Waals surface area contributed by atoms with Gasteiger partial charge in [0.05, 0.1) is 6.54 Å². The van der Waals surface area contributed by atoms with E-state index in [0.29, 0.717) is 6.54 Å². The molecule has 4 heteroatoms. The molecule has 0 aliphatic carbocycles. The van der Waals surface area contributed by atoms with E-state index in [2.05, 4.69) is 36.3 Å². The Morgan fingerprint density at radius 1 is 1.40 bits per heavy atom. The standard InChI is InChI=1S/C11H23N3O/c1-4-11(2,3)13-10(15)9-14-7-5-12-6-8-14/h12H,4-9H2,1-3H3,(H,13,15). The predicted molar refractivity (Wildman–Crippen MR) is 61.8 cm³/mol. The Morgan fingerprint density at radius 3 is 2.53 bits per heavy atom. The Kier molecular flexibility index (Phi) is 4.54. The topological polar surface area (TPSA) is 44.4 Å². The Hall–Kier alpha value is -0.610. The maximum absolute atomic E-state index is 11.7. The van der Waals surface area contributed by atoms with Gasteiger partial charge in [0.1, 0.15) is 0 Å². The summed E-state index contributed by atoms with van der Waals surface area (Å²) in [4.78, 5) is 13.9. The highest BCUT2D eigenvalue weighted by molar-refractivity contribution is 5.78. The van der Waals surface area contributed by atoms with Gasteiger partial charge in [-0.1, -0.05) is 6.92 Å². The third kappa shape index (κ3) is 4.62. The molecule has 0 aromatic heterocycles. The Morgan fingerprint density at radius 2 is 2.00 bits per heavy atom. The Bertz CT molecular complexity index is 210. The number of hydrogen-bond donors (Lipinski definition) is 2. The summed E-state index contributed by atoms with van der Waals surface area (Å²) in [6.45, 7) is 10.7. The van der Waals surface area contributed by atoms with E-state index < -0.39 is 0 Å². The quantitative estimate of drug-likeness (QED) is 0.701. The molecule has 0 atom stereocenters. The molecule has 1 heterocycles. The molecule has 88 valence electrons. The van der Waals surface area contributed by atoms with Gasteiger partial charge in [-0.2, -0.15) is 0 Å². The molecule has 1 amide bonds. The van der Waals surface area contributed by atoms with Gasteiger partial charge in [-0.15, -0.1) is 0 Å². The van der Waals surface area contributed by atoms with Gasteiger partial charge in [-0.3, -0.25) is 9.69 Å². The number of amides is 1. The van der Waals surface area contributed by atoms with Crippen LogP contribution in [-0.4, -0.2) is 49.1 Å². The second-order valence-electron chi connectivity index (χ2n) is 4.81. The third-order valence-electron chi connectivity index (χ3n) is 2.94. The van der Waals surface area contributed by atoms with Crippen molar-refractivity contribution in [2.45, 2.75) is 32.7 Å². The van der Waals surface area contributed by atoms with Crippen molar-refractivity contribution in [3.8, 4) is 0 Å². The van der Waals surface area contributed by atoms with E-state index >= 15 is 0 Å². The van der Waals surface area contributed by atoms with Crippen LogP contribution in [0.5, 0.6) is 0 Å². The van der Waals surface area contributed by atoms with E-state index in [0.717, 1.165) is 32.6 Å². The first-order valence-corrected chi connectivity index (χ1v) is 5.77. The van der Waals surface area contributed by atoms with E-state index in [1.165, 1.54) is 0 Å². The largest absolute Gasteiger partial charge is 0.350 e. The molecule has 0 radical (unpaired) electrons. The Balaban J connectivity index is 2.28. The van der Waals surface area contributed by atoms with Gasteiger partial charge in [-0.25, -0.2) is 0 Å². The van der Waals surface area contributed by atoms with Crippen LogP contribution in [0, 0.1) is 0 Å². The molecule has 0 saturated carbocycles. The average molecular weight is 213 g/mol. The van der Waals surface area contributed by atoms with E-state index in [1.54, 1.807) is 0 Å². The highest BCUT2D eigenvalue weighted by atomic mass is 16.2. The first kappa shape index (κ1) is 12.5. The van der Waals surface area contributed by atoms with Gasteiger partial charge >= 0.3 is 0 Å². The van der Waals surface area contributed by atoms with Crippen LogP contribution in [-0.2, 0) is 4.79 Å². The number of piperazine rings is 1. The van der Waals surface area contributed by atoms with Gasteiger partial charge in [0, 0.05) is 31.7 Å². The summed E-state index contributed by atoms with van der Waals surface area (Å²) < 4.78 is 0. The molecular weight excluding hydrogens is 190 g/mol. The fourth-order valence-corrected chi connectivity index (χ4v) is 1.58. The first-order valence-electron chi connectivity index (χ1n) is 5.77. The zero-order valence-corrected chi connectivity index (χ0v) is 10.1. The monoisotopic (exact) mass is 213 g/mol. The molecule has 1 fully saturated rings. The summed E-state index contributed by atoms with van der Waals surface area (Å²) in [7, 11) is 0. The smallest absolute Gasteiger partial charge is 0.234 e. The van der Waals surface area contributed by atoms with Crippen molar-refractivity contribution in [2.24, 2.45) is 0 Å². The van der Waals surface area contributed by atoms with Gasteiger partial charge in [0.25, 0.3) is 0 Å². The number of carbonyl (C=O) groups is 1. The lowest BCUT2D eigenvalue weighted by molar-refractivity contribution is -0.124. The fraction of sp³-hybridized carbons (Fsp3) is 0.909. The summed E-state index contributed by atoms with van der Waals surface area (Å²) in [6, 6.07) is 0. The molecule has 1 aliphatic rings. The summed E-state index contributed by atoms with van der Waals surface area (Å²) in [5, 5.41) is 6.33. The van der Waals surface area contributed by atoms with Gasteiger partial charge in [0.15, 0.2) is 0 Å². The van der Waals surface area contributed by atoms with E-state index in [-0.39, 0.29) is 11.4 Å². The second-order valence-corrected chi connectivity index (χ2v) is 4.81. The minimum atomic E-state index is -0.0783. The molecule has 0 aromatic carbocycles. The van der Waals surface area contributed by atoms with E-state index in [4.69, 9.17) is 0 Å². The lowest BCUT2D eigenvalue weighted by atomic mass is 10.0. The summed E-state index contributed by atoms with van der Waals surface area (Å²) >= 11 is 0. The fourth-order valence-electron chi connectivity index (χ4n) is 1.58. The highest BCUT2D eigenvalue weighted by Gasteiger charge is 2.20. The third-order valence-corrected chi connectivity index (χ3v) is 2.94.